The summed E-state index contributed by atoms with van der Waals surface area (Å²) in [7, 11) is 2.92. The Morgan fingerprint density at radius 1 is 0.731 bits per heavy atom. The Hall–Kier alpha value is -2.21. The van der Waals surface area contributed by atoms with Crippen molar-refractivity contribution in [3.63, 3.8) is 0 Å². The summed E-state index contributed by atoms with van der Waals surface area (Å²) in [5.41, 5.74) is -2.64. The summed E-state index contributed by atoms with van der Waals surface area (Å²) in [6.07, 6.45) is -11.8. The van der Waals surface area contributed by atoms with Crippen LogP contribution in [-0.4, -0.2) is 179 Å². The van der Waals surface area contributed by atoms with E-state index >= 15 is 0 Å². The molecule has 0 aromatic heterocycles. The third-order valence-electron chi connectivity index (χ3n) is 17.3. The zero-order chi connectivity index (χ0) is 49.1. The summed E-state index contributed by atoms with van der Waals surface area (Å²) in [6, 6.07) is 0. The average Bonchev–Trinajstić information content (AvgIpc) is 3.57. The first-order chi connectivity index (χ1) is 31.6. The molecule has 19 nitrogen and oxygen atoms in total. The van der Waals surface area contributed by atoms with Gasteiger partial charge in [-0.1, -0.05) is 19.9 Å². The van der Waals surface area contributed by atoms with E-state index in [1.807, 2.05) is 13.8 Å². The van der Waals surface area contributed by atoms with Crippen molar-refractivity contribution >= 4 is 17.7 Å². The topological polar surface area (TPSA) is 265 Å². The summed E-state index contributed by atoms with van der Waals surface area (Å²) in [5, 5.41) is 65.3. The largest absolute Gasteiger partial charge is 0.458 e. The average molecular weight is 957 g/mol. The minimum absolute atomic E-state index is 0.0848. The van der Waals surface area contributed by atoms with Crippen LogP contribution in [0.2, 0.25) is 0 Å². The predicted molar refractivity (Wildman–Crippen MR) is 232 cm³/mol. The third kappa shape index (κ3) is 9.30. The first kappa shape index (κ1) is 52.6. The SMILES string of the molecule is C/C=C(\C)C(=O)O[C@@H]1[C@@H](OC(C)=O)[C@H]2[C@@H](CC[C@H]3C[C@@H](O[C@H]4C[C@@H](OC)[C@H](O[C@@H]5O[C@H](C)[C@@H](O[C@@H]6O[C@H](CO)[C@@H](O)[C@H](O)[C@H]6O)[C@@H](OC)[C@H]5O)[C@@H](C)O4)CC[C@@]32C)[C@@]2(O)CC[C@H](C(C)=O)[C@@]12C. The molecule has 7 fully saturated rings. The van der Waals surface area contributed by atoms with Gasteiger partial charge in [0.2, 0.25) is 0 Å². The van der Waals surface area contributed by atoms with Crippen LogP contribution in [0.4, 0.5) is 0 Å². The number of carbonyl (C=O) groups is 3. The molecule has 67 heavy (non-hydrogen) atoms. The Bertz CT molecular complexity index is 1800. The number of ether oxygens (including phenoxy) is 10. The van der Waals surface area contributed by atoms with Gasteiger partial charge in [0.15, 0.2) is 18.9 Å². The molecule has 7 aliphatic rings. The number of hydrogen-bond donors (Lipinski definition) is 6. The molecule has 0 spiro atoms. The Labute approximate surface area is 393 Å². The molecule has 6 N–H and O–H groups in total. The van der Waals surface area contributed by atoms with Gasteiger partial charge in [-0.25, -0.2) is 4.79 Å². The number of Topliss-reactive ketones (excluding diaryl/α,β-unsaturated/α-hetero) is 1. The molecule has 4 aliphatic carbocycles. The Kier molecular flexibility index (Phi) is 16.1. The number of aliphatic hydroxyl groups is 6. The van der Waals surface area contributed by atoms with Crippen LogP contribution in [-0.2, 0) is 61.8 Å². The van der Waals surface area contributed by atoms with Gasteiger partial charge in [-0.05, 0) is 96.8 Å². The number of ketones is 1. The lowest BCUT2D eigenvalue weighted by atomic mass is 9.41. The molecule has 7 rings (SSSR count). The summed E-state index contributed by atoms with van der Waals surface area (Å²) < 4.78 is 61.5. The quantitative estimate of drug-likeness (QED) is 0.0870. The van der Waals surface area contributed by atoms with Crippen molar-refractivity contribution in [2.45, 2.75) is 217 Å². The maximum atomic E-state index is 13.6. The van der Waals surface area contributed by atoms with Crippen LogP contribution in [0.15, 0.2) is 11.6 Å². The van der Waals surface area contributed by atoms with E-state index in [1.54, 1.807) is 34.0 Å². The van der Waals surface area contributed by atoms with E-state index in [0.717, 1.165) is 6.42 Å². The molecule has 382 valence electrons. The number of rotatable bonds is 13. The highest BCUT2D eigenvalue weighted by atomic mass is 16.8. The van der Waals surface area contributed by atoms with Gasteiger partial charge in [0.25, 0.3) is 0 Å². The van der Waals surface area contributed by atoms with Crippen LogP contribution < -0.4 is 0 Å². The fraction of sp³-hybridized carbons (Fsp3) is 0.896. The Morgan fingerprint density at radius 2 is 1.40 bits per heavy atom. The zero-order valence-electron chi connectivity index (χ0n) is 40.6. The number of methoxy groups -OCH3 is 2. The number of hydrogen-bond acceptors (Lipinski definition) is 19. The van der Waals surface area contributed by atoms with Crippen molar-refractivity contribution < 1.29 is 92.4 Å². The van der Waals surface area contributed by atoms with Gasteiger partial charge < -0.3 is 78.0 Å². The van der Waals surface area contributed by atoms with E-state index < -0.39 is 139 Å². The molecule has 3 aliphatic heterocycles. The molecule has 0 aromatic rings. The zero-order valence-corrected chi connectivity index (χ0v) is 40.6. The normalized spacial score (nSPS) is 50.1. The Morgan fingerprint density at radius 3 is 2.03 bits per heavy atom. The van der Waals surface area contributed by atoms with E-state index in [1.165, 1.54) is 21.0 Å². The van der Waals surface area contributed by atoms with Crippen molar-refractivity contribution in [3.8, 4) is 0 Å². The molecule has 24 atom stereocenters. The van der Waals surface area contributed by atoms with E-state index in [0.29, 0.717) is 50.5 Å². The lowest BCUT2D eigenvalue weighted by Crippen LogP contribution is -2.73. The van der Waals surface area contributed by atoms with Crippen molar-refractivity contribution in [3.05, 3.63) is 11.6 Å². The minimum Gasteiger partial charge on any atom is -0.458 e. The number of fused-ring (bicyclic) bond motifs is 5. The maximum Gasteiger partial charge on any atom is 0.333 e. The van der Waals surface area contributed by atoms with Crippen molar-refractivity contribution in [2.75, 3.05) is 20.8 Å². The lowest BCUT2D eigenvalue weighted by molar-refractivity contribution is -0.371. The second kappa shape index (κ2) is 20.5. The van der Waals surface area contributed by atoms with Crippen LogP contribution in [0, 0.1) is 34.5 Å². The van der Waals surface area contributed by atoms with Gasteiger partial charge >= 0.3 is 11.9 Å². The smallest absolute Gasteiger partial charge is 0.333 e. The molecule has 4 saturated carbocycles. The van der Waals surface area contributed by atoms with Crippen LogP contribution >= 0.6 is 0 Å². The van der Waals surface area contributed by atoms with Gasteiger partial charge in [-0.3, -0.25) is 9.59 Å². The van der Waals surface area contributed by atoms with E-state index in [2.05, 4.69) is 6.92 Å². The molecule has 0 bridgehead atoms. The highest BCUT2D eigenvalue weighted by Crippen LogP contribution is 2.70. The van der Waals surface area contributed by atoms with Crippen molar-refractivity contribution in [2.24, 2.45) is 34.5 Å². The van der Waals surface area contributed by atoms with Gasteiger partial charge in [0.1, 0.15) is 66.8 Å². The minimum atomic E-state index is -1.67. The number of aliphatic hydroxyl groups excluding tert-OH is 5. The highest BCUT2D eigenvalue weighted by molar-refractivity contribution is 5.88. The fourth-order valence-electron chi connectivity index (χ4n) is 13.6. The van der Waals surface area contributed by atoms with Crippen LogP contribution in [0.3, 0.4) is 0 Å². The Balaban J connectivity index is 1.03. The molecule has 3 heterocycles. The molecule has 3 saturated heterocycles. The predicted octanol–water partition coefficient (Wildman–Crippen LogP) is 1.60. The number of esters is 2. The molecular weight excluding hydrogens is 881 g/mol. The molecular formula is C48H76O19. The summed E-state index contributed by atoms with van der Waals surface area (Å²) in [4.78, 5) is 39.9. The monoisotopic (exact) mass is 956 g/mol. The summed E-state index contributed by atoms with van der Waals surface area (Å²) in [5.74, 6) is -2.41. The molecule has 0 amide bonds. The number of carbonyl (C=O) groups excluding carboxylic acids is 3. The highest BCUT2D eigenvalue weighted by Gasteiger charge is 2.76. The maximum absolute atomic E-state index is 13.6. The van der Waals surface area contributed by atoms with E-state index in [-0.39, 0.29) is 29.6 Å². The second-order valence-electron chi connectivity index (χ2n) is 20.8. The van der Waals surface area contributed by atoms with Crippen LogP contribution in [0.5, 0.6) is 0 Å². The van der Waals surface area contributed by atoms with Gasteiger partial charge in [0, 0.05) is 50.4 Å². The van der Waals surface area contributed by atoms with Gasteiger partial charge in [0.05, 0.1) is 36.6 Å². The fourth-order valence-corrected chi connectivity index (χ4v) is 13.6. The van der Waals surface area contributed by atoms with Gasteiger partial charge in [-0.15, -0.1) is 0 Å². The standard InChI is InChI=1S/C48H76O19/c1-11-21(2)43(56)67-42-40(62-25(6)51)33-29(48(57)17-15-28(22(3)50)47(42,48)8)13-12-26-18-27(14-16-46(26,33)7)63-32-19-30(58-9)38(23(4)60-32)65-45-37(55)41(59-10)39(24(5)61-45)66-44-36(54)35(53)34(52)31(20-49)64-44/h11,23-24,26-42,44-45,49,52-55,57H,12-20H2,1-10H3/b21-11+/t23-,24-,26+,27+,28-,29-,30-,31-,32+,33-,34-,35+,36-,37-,38-,39-,40+,41+,42-,44+,45+,46+,47+,48+/m1/s1. The number of allylic oxidation sites excluding steroid dienone is 1. The van der Waals surface area contributed by atoms with E-state index in [9.17, 15) is 45.0 Å². The molecule has 0 unspecified atom stereocenters. The first-order valence-corrected chi connectivity index (χ1v) is 24.1. The lowest BCUT2D eigenvalue weighted by Gasteiger charge is -2.66. The third-order valence-corrected chi connectivity index (χ3v) is 17.3. The van der Waals surface area contributed by atoms with E-state index in [4.69, 9.17) is 47.4 Å². The molecule has 0 aromatic carbocycles. The van der Waals surface area contributed by atoms with Crippen LogP contribution in [0.25, 0.3) is 0 Å². The van der Waals surface area contributed by atoms with Gasteiger partial charge in [-0.2, -0.15) is 0 Å². The van der Waals surface area contributed by atoms with Crippen molar-refractivity contribution in [1.29, 1.82) is 0 Å². The van der Waals surface area contributed by atoms with Crippen molar-refractivity contribution in [1.82, 2.24) is 0 Å². The molecule has 19 heteroatoms. The first-order valence-electron chi connectivity index (χ1n) is 24.1. The summed E-state index contributed by atoms with van der Waals surface area (Å²) >= 11 is 0. The molecule has 0 radical (unpaired) electrons. The summed E-state index contributed by atoms with van der Waals surface area (Å²) in [6.45, 7) is 13.1. The van der Waals surface area contributed by atoms with Crippen LogP contribution in [0.1, 0.15) is 107 Å². The second-order valence-corrected chi connectivity index (χ2v) is 20.8.